The molecule has 1 atom stereocenters. The third-order valence-corrected chi connectivity index (χ3v) is 1.97. The average molecular weight is 112 g/mol. The second-order valence-electron chi connectivity index (χ2n) is 1.57. The van der Waals surface area contributed by atoms with E-state index in [1.54, 1.807) is 0 Å². The van der Waals surface area contributed by atoms with Gasteiger partial charge in [-0.2, -0.15) is 0 Å². The highest BCUT2D eigenvalue weighted by atomic mass is 31.0. The first-order valence-electron chi connectivity index (χ1n) is 2.55. The van der Waals surface area contributed by atoms with Crippen LogP contribution in [0.5, 0.6) is 0 Å². The molecule has 0 N–H and O–H groups in total. The molecule has 0 amide bonds. The molecule has 1 heteroatoms. The van der Waals surface area contributed by atoms with Gasteiger partial charge < -0.3 is 0 Å². The highest BCUT2D eigenvalue weighted by molar-refractivity contribution is 7.28. The van der Waals surface area contributed by atoms with E-state index in [1.165, 1.54) is 12.0 Å². The third-order valence-electron chi connectivity index (χ3n) is 1.07. The summed E-state index contributed by atoms with van der Waals surface area (Å²) in [6, 6.07) is 2.21. The predicted molar refractivity (Wildman–Crippen MR) is 35.3 cm³/mol. The zero-order valence-electron chi connectivity index (χ0n) is 4.44. The van der Waals surface area contributed by atoms with E-state index in [2.05, 4.69) is 24.6 Å². The molecular weight excluding hydrogens is 103 g/mol. The molecule has 1 rings (SSSR count). The van der Waals surface area contributed by atoms with Crippen molar-refractivity contribution < 1.29 is 0 Å². The van der Waals surface area contributed by atoms with Gasteiger partial charge in [-0.3, -0.25) is 0 Å². The molecule has 0 nitrogen and oxygen atoms in total. The van der Waals surface area contributed by atoms with Gasteiger partial charge in [0.1, 0.15) is 0 Å². The van der Waals surface area contributed by atoms with Crippen LogP contribution in [0.1, 0.15) is 12.5 Å². The zero-order valence-corrected chi connectivity index (χ0v) is 5.44. The van der Waals surface area contributed by atoms with Gasteiger partial charge in [0.15, 0.2) is 0 Å². The van der Waals surface area contributed by atoms with Crippen molar-refractivity contribution in [2.24, 2.45) is 0 Å². The molecule has 0 aliphatic carbocycles. The predicted octanol–water partition coefficient (Wildman–Crippen LogP) is 2.28. The van der Waals surface area contributed by atoms with Crippen molar-refractivity contribution in [3.8, 4) is 0 Å². The van der Waals surface area contributed by atoms with E-state index in [0.717, 1.165) is 8.19 Å². The monoisotopic (exact) mass is 112 g/mol. The average Bonchev–Trinajstić information content (AvgIpc) is 2.14. The maximum absolute atomic E-state index is 2.29. The van der Waals surface area contributed by atoms with E-state index in [0.29, 0.717) is 0 Å². The van der Waals surface area contributed by atoms with Crippen LogP contribution in [0, 0.1) is 0 Å². The van der Waals surface area contributed by atoms with Crippen molar-refractivity contribution in [2.75, 3.05) is 0 Å². The molecule has 1 heterocycles. The Hall–Kier alpha value is -0.220. The van der Waals surface area contributed by atoms with E-state index in [4.69, 9.17) is 0 Å². The molecule has 0 aliphatic rings. The lowest BCUT2D eigenvalue weighted by atomic mass is 10.3. The number of rotatable bonds is 1. The highest BCUT2D eigenvalue weighted by Crippen LogP contribution is 2.10. The lowest BCUT2D eigenvalue weighted by Crippen LogP contribution is -1.66. The van der Waals surface area contributed by atoms with Crippen molar-refractivity contribution in [1.29, 1.82) is 0 Å². The summed E-state index contributed by atoms with van der Waals surface area (Å²) in [6.45, 7) is 2.19. The van der Waals surface area contributed by atoms with Crippen molar-refractivity contribution in [3.63, 3.8) is 0 Å². The largest absolute Gasteiger partial charge is 0.140 e. The van der Waals surface area contributed by atoms with E-state index < -0.39 is 0 Å². The topological polar surface area (TPSA) is 0 Å². The van der Waals surface area contributed by atoms with E-state index in [-0.39, 0.29) is 0 Å². The van der Waals surface area contributed by atoms with E-state index >= 15 is 0 Å². The quantitative estimate of drug-likeness (QED) is 0.522. The summed E-state index contributed by atoms with van der Waals surface area (Å²) >= 11 is 0. The molecule has 7 heavy (non-hydrogen) atoms. The SMILES string of the molecule is CCc1cc[pH]c1. The van der Waals surface area contributed by atoms with Crippen LogP contribution < -0.4 is 0 Å². The molecule has 0 radical (unpaired) electrons. The fraction of sp³-hybridized carbons (Fsp3) is 0.333. The van der Waals surface area contributed by atoms with Crippen LogP contribution in [0.25, 0.3) is 0 Å². The van der Waals surface area contributed by atoms with Crippen molar-refractivity contribution in [3.05, 3.63) is 23.2 Å². The van der Waals surface area contributed by atoms with Gasteiger partial charge in [-0.25, -0.2) is 0 Å². The number of aryl methyl sites for hydroxylation is 1. The van der Waals surface area contributed by atoms with E-state index in [9.17, 15) is 0 Å². The summed E-state index contributed by atoms with van der Waals surface area (Å²) in [5.41, 5.74) is 1.50. The molecular formula is C6H9P. The Morgan fingerprint density at radius 3 is 2.86 bits per heavy atom. The molecule has 38 valence electrons. The Bertz CT molecular complexity index is 119. The summed E-state index contributed by atoms with van der Waals surface area (Å²) in [4.78, 5) is 0. The molecule has 0 fully saturated rings. The fourth-order valence-electron chi connectivity index (χ4n) is 0.578. The first-order chi connectivity index (χ1) is 3.43. The minimum atomic E-state index is 0.953. The van der Waals surface area contributed by atoms with Gasteiger partial charge in [0.2, 0.25) is 0 Å². The van der Waals surface area contributed by atoms with Crippen LogP contribution in [0.15, 0.2) is 17.7 Å². The minimum absolute atomic E-state index is 0.953. The van der Waals surface area contributed by atoms with Crippen LogP contribution in [0.4, 0.5) is 0 Å². The maximum atomic E-state index is 2.29. The summed E-state index contributed by atoms with van der Waals surface area (Å²) in [5.74, 6) is 4.51. The van der Waals surface area contributed by atoms with Gasteiger partial charge in [-0.15, -0.1) is 8.19 Å². The lowest BCUT2D eigenvalue weighted by molar-refractivity contribution is 1.16. The van der Waals surface area contributed by atoms with Gasteiger partial charge in [-0.1, -0.05) is 13.0 Å². The molecule has 0 saturated carbocycles. The van der Waals surface area contributed by atoms with Crippen molar-refractivity contribution in [1.82, 2.24) is 0 Å². The Morgan fingerprint density at radius 2 is 2.57 bits per heavy atom. The highest BCUT2D eigenvalue weighted by Gasteiger charge is 1.81. The zero-order chi connectivity index (χ0) is 5.11. The van der Waals surface area contributed by atoms with Crippen LogP contribution in [-0.4, -0.2) is 0 Å². The van der Waals surface area contributed by atoms with Gasteiger partial charge >= 0.3 is 0 Å². The Morgan fingerprint density at radius 1 is 1.71 bits per heavy atom. The lowest BCUT2D eigenvalue weighted by Gasteiger charge is -1.79. The van der Waals surface area contributed by atoms with Crippen LogP contribution in [-0.2, 0) is 6.42 Å². The molecule has 1 aromatic heterocycles. The minimum Gasteiger partial charge on any atom is -0.140 e. The second kappa shape index (κ2) is 2.18. The van der Waals surface area contributed by atoms with Crippen molar-refractivity contribution >= 4 is 8.19 Å². The van der Waals surface area contributed by atoms with Gasteiger partial charge in [0.25, 0.3) is 0 Å². The molecule has 0 bridgehead atoms. The van der Waals surface area contributed by atoms with E-state index in [1.807, 2.05) is 0 Å². The normalized spacial score (nSPS) is 10.4. The van der Waals surface area contributed by atoms with Crippen LogP contribution in [0.3, 0.4) is 0 Å². The summed E-state index contributed by atoms with van der Waals surface area (Å²) in [5, 5.41) is 0. The first kappa shape index (κ1) is 4.93. The maximum Gasteiger partial charge on any atom is -0.0304 e. The molecule has 0 aliphatic heterocycles. The second-order valence-corrected chi connectivity index (χ2v) is 2.53. The molecule has 0 saturated heterocycles. The number of hydrogen-bond donors (Lipinski definition) is 0. The molecule has 1 unspecified atom stereocenters. The Balaban J connectivity index is 2.76. The molecule has 0 aromatic carbocycles. The van der Waals surface area contributed by atoms with Gasteiger partial charge in [0, 0.05) is 0 Å². The number of hydrogen-bond acceptors (Lipinski definition) is 0. The first-order valence-corrected chi connectivity index (χ1v) is 3.70. The van der Waals surface area contributed by atoms with Gasteiger partial charge in [0.05, 0.1) is 0 Å². The Labute approximate surface area is 45.6 Å². The molecule has 1 aromatic rings. The van der Waals surface area contributed by atoms with Gasteiger partial charge in [-0.05, 0) is 23.6 Å². The smallest absolute Gasteiger partial charge is 0.0304 e. The Kier molecular flexibility index (Phi) is 1.54. The standard InChI is InChI=1S/C6H9P/c1-2-6-3-4-7-5-6/h3-5,7H,2H2,1H3. The molecule has 0 spiro atoms. The van der Waals surface area contributed by atoms with Crippen LogP contribution in [0.2, 0.25) is 0 Å². The summed E-state index contributed by atoms with van der Waals surface area (Å²) in [6.07, 6.45) is 1.20. The summed E-state index contributed by atoms with van der Waals surface area (Å²) < 4.78 is 0. The summed E-state index contributed by atoms with van der Waals surface area (Å²) in [7, 11) is 0.953. The fourth-order valence-corrected chi connectivity index (χ4v) is 1.50. The van der Waals surface area contributed by atoms with Crippen LogP contribution >= 0.6 is 8.19 Å². The third kappa shape index (κ3) is 1.07. The van der Waals surface area contributed by atoms with Crippen molar-refractivity contribution in [2.45, 2.75) is 13.3 Å².